The number of esters is 1. The van der Waals surface area contributed by atoms with Crippen LogP contribution in [0.15, 0.2) is 11.1 Å². The van der Waals surface area contributed by atoms with Crippen molar-refractivity contribution in [3.63, 3.8) is 0 Å². The monoisotopic (exact) mass is 856 g/mol. The number of hydrogen-bond acceptors (Lipinski definition) is 7. The van der Waals surface area contributed by atoms with Crippen LogP contribution >= 0.6 is 0 Å². The Hall–Kier alpha value is -3.24. The highest BCUT2D eigenvalue weighted by atomic mass is 16.5. The molecule has 2 amide bonds. The summed E-state index contributed by atoms with van der Waals surface area (Å²) in [7, 11) is 0. The van der Waals surface area contributed by atoms with Gasteiger partial charge in [-0.1, -0.05) is 76.2 Å². The Morgan fingerprint density at radius 1 is 0.742 bits per heavy atom. The summed E-state index contributed by atoms with van der Waals surface area (Å²) in [6.45, 7) is 26.9. The van der Waals surface area contributed by atoms with Crippen LogP contribution in [0.1, 0.15) is 190 Å². The first-order valence-corrected chi connectivity index (χ1v) is 24.7. The van der Waals surface area contributed by atoms with Gasteiger partial charge in [0, 0.05) is 35.9 Å². The number of allylic oxidation sites excluding steroid dienone is 1. The van der Waals surface area contributed by atoms with E-state index in [0.717, 1.165) is 94.3 Å². The second kappa shape index (κ2) is 14.4. The van der Waals surface area contributed by atoms with Crippen LogP contribution < -0.4 is 5.32 Å². The number of carboxylic acid groups (broad SMARTS) is 1. The second-order valence-electron chi connectivity index (χ2n) is 24.5. The molecule has 9 rings (SSSR count). The highest BCUT2D eigenvalue weighted by molar-refractivity contribution is 6.02. The minimum absolute atomic E-state index is 0.0228. The summed E-state index contributed by atoms with van der Waals surface area (Å²) in [6, 6.07) is 0.616. The van der Waals surface area contributed by atoms with Gasteiger partial charge in [0.05, 0.1) is 17.4 Å². The van der Waals surface area contributed by atoms with E-state index < -0.39 is 22.8 Å². The number of aromatic nitrogens is 3. The molecule has 1 aromatic heterocycles. The Labute approximate surface area is 370 Å². The molecule has 2 aliphatic heterocycles. The summed E-state index contributed by atoms with van der Waals surface area (Å²) in [5.41, 5.74) is 0.848. The Kier molecular flexibility index (Phi) is 10.2. The van der Waals surface area contributed by atoms with Crippen molar-refractivity contribution in [2.24, 2.45) is 62.6 Å². The third-order valence-electron chi connectivity index (χ3n) is 20.5. The van der Waals surface area contributed by atoms with E-state index in [2.05, 4.69) is 94.2 Å². The third kappa shape index (κ3) is 5.98. The zero-order chi connectivity index (χ0) is 44.9. The predicted molar refractivity (Wildman–Crippen MR) is 237 cm³/mol. The molecule has 5 saturated carbocycles. The maximum Gasteiger partial charge on any atom is 0.318 e. The van der Waals surface area contributed by atoms with Crippen molar-refractivity contribution < 1.29 is 29.0 Å². The van der Waals surface area contributed by atoms with Gasteiger partial charge in [0.15, 0.2) is 5.78 Å². The minimum Gasteiger partial charge on any atom is -0.481 e. The Morgan fingerprint density at radius 3 is 2.03 bits per heavy atom. The molecule has 11 heteroatoms. The van der Waals surface area contributed by atoms with Gasteiger partial charge in [-0.05, 0) is 147 Å². The molecule has 11 nitrogen and oxygen atoms in total. The molecular weight excluding hydrogens is 779 g/mol. The average Bonchev–Trinajstić information content (AvgIpc) is 3.80. The van der Waals surface area contributed by atoms with Crippen molar-refractivity contribution >= 4 is 23.8 Å². The number of urea groups is 1. The van der Waals surface area contributed by atoms with Gasteiger partial charge in [-0.25, -0.2) is 4.79 Å². The first-order valence-electron chi connectivity index (χ1n) is 24.7. The molecule has 0 radical (unpaired) electrons. The molecule has 2 N–H and O–H groups in total. The van der Waals surface area contributed by atoms with Crippen LogP contribution in [0.3, 0.4) is 0 Å². The molecule has 3 heterocycles. The van der Waals surface area contributed by atoms with Gasteiger partial charge >= 0.3 is 18.0 Å². The number of piperidine rings is 1. The first kappa shape index (κ1) is 44.0. The van der Waals surface area contributed by atoms with E-state index in [9.17, 15) is 24.3 Å². The molecular formula is C51H77N5O6. The van der Waals surface area contributed by atoms with Gasteiger partial charge in [-0.2, -0.15) is 0 Å². The van der Waals surface area contributed by atoms with Crippen LogP contribution in [0.2, 0.25) is 0 Å². The number of ether oxygens (including phenoxy) is 1. The number of nitrogens with one attached hydrogen (secondary N) is 1. The topological polar surface area (TPSA) is 144 Å². The van der Waals surface area contributed by atoms with Crippen LogP contribution in [0.5, 0.6) is 0 Å². The lowest BCUT2D eigenvalue weighted by atomic mass is 9.33. The summed E-state index contributed by atoms with van der Waals surface area (Å²) in [5, 5.41) is 22.4. The number of fused-ring (bicyclic) bond motifs is 9. The summed E-state index contributed by atoms with van der Waals surface area (Å²) >= 11 is 0. The number of ketones is 1. The van der Waals surface area contributed by atoms with Gasteiger partial charge in [0.25, 0.3) is 0 Å². The highest BCUT2D eigenvalue weighted by Crippen LogP contribution is 2.76. The van der Waals surface area contributed by atoms with E-state index in [4.69, 9.17) is 4.74 Å². The molecule has 0 aromatic carbocycles. The van der Waals surface area contributed by atoms with Gasteiger partial charge < -0.3 is 24.6 Å². The average molecular weight is 856 g/mol. The summed E-state index contributed by atoms with van der Waals surface area (Å²) in [5.74, 6) is 1.72. The number of carbonyl (C=O) groups excluding carboxylic acids is 3. The Morgan fingerprint density at radius 2 is 1.42 bits per heavy atom. The minimum atomic E-state index is -0.829. The fourth-order valence-electron chi connectivity index (χ4n) is 17.1. The maximum absolute atomic E-state index is 14.9. The van der Waals surface area contributed by atoms with E-state index >= 15 is 0 Å². The number of aryl methyl sites for hydroxylation is 1. The number of hydrogen-bond donors (Lipinski definition) is 2. The Balaban J connectivity index is 0.955. The fourth-order valence-corrected chi connectivity index (χ4v) is 17.1. The largest absolute Gasteiger partial charge is 0.481 e. The van der Waals surface area contributed by atoms with E-state index in [1.807, 2.05) is 13.8 Å². The van der Waals surface area contributed by atoms with Gasteiger partial charge in [-0.15, -0.1) is 10.2 Å². The molecule has 62 heavy (non-hydrogen) atoms. The molecule has 13 atom stereocenters. The molecule has 0 spiro atoms. The molecule has 8 aliphatic rings. The van der Waals surface area contributed by atoms with Gasteiger partial charge in [0.1, 0.15) is 17.8 Å². The summed E-state index contributed by atoms with van der Waals surface area (Å²) in [4.78, 5) is 57.0. The standard InChI is InChI=1S/C51H77N5O6/c1-27(2)40-36(57)26-51(52-45(61)56-30-13-14-31(56)24-32(23-30)55-29(5)53-54-42(55)28(3)4)22-21-49(11)33(41(40)51)15-16-38-48(10)19-18-39(47(8,9)37(48)17-20-50(38,49)12)62-44(60)35-25-34(43(58)59)46(35,6)7/h27-28,30-35,37-39H,13-26H2,1-12H3,(H,52,61)(H,58,59)/t30-,31+,32?,33-,34+,35-,37+,38-,39+,48+,49-,50-,51-/m1/s1. The number of Topliss-reactive ketones (excluding diaryl/α,β-unsaturated/α-hetero) is 1. The predicted octanol–water partition coefficient (Wildman–Crippen LogP) is 9.98. The van der Waals surface area contributed by atoms with Gasteiger partial charge in [0.2, 0.25) is 0 Å². The lowest BCUT2D eigenvalue weighted by molar-refractivity contribution is -0.235. The smallest absolute Gasteiger partial charge is 0.318 e. The lowest BCUT2D eigenvalue weighted by Gasteiger charge is -2.72. The normalized spacial score (nSPS) is 42.8. The lowest BCUT2D eigenvalue weighted by Crippen LogP contribution is -2.68. The molecule has 342 valence electrons. The zero-order valence-electron chi connectivity index (χ0n) is 40.0. The molecule has 6 aliphatic carbocycles. The first-order chi connectivity index (χ1) is 28.9. The SMILES string of the molecule is Cc1nnc(C(C)C)n1C1C[C@H]2CC[C@@H](C1)N2C(=O)N[C@@]12CC[C@]3(C)[C@H](CC[C@@H]4[C@@]5(C)CC[C@H](OC(=O)[C@H]6C[C@@H](C(=O)O)C6(C)C)C(C)(C)[C@@H]5CC[C@]43C)C1=C(C(C)C)C(=O)C2. The van der Waals surface area contributed by atoms with E-state index in [-0.39, 0.29) is 87.3 Å². The van der Waals surface area contributed by atoms with E-state index in [1.165, 1.54) is 5.57 Å². The number of rotatable bonds is 7. The maximum atomic E-state index is 14.9. The molecule has 2 bridgehead atoms. The molecule has 1 unspecified atom stereocenters. The molecule has 1 aromatic rings. The zero-order valence-corrected chi connectivity index (χ0v) is 40.0. The summed E-state index contributed by atoms with van der Waals surface area (Å²) in [6.07, 6.45) is 12.2. The van der Waals surface area contributed by atoms with Gasteiger partial charge in [-0.3, -0.25) is 14.4 Å². The second-order valence-corrected chi connectivity index (χ2v) is 24.5. The van der Waals surface area contributed by atoms with Crippen LogP contribution in [0, 0.1) is 69.5 Å². The van der Waals surface area contributed by atoms with Crippen molar-refractivity contribution in [1.82, 2.24) is 25.0 Å². The third-order valence-corrected chi connectivity index (χ3v) is 20.5. The van der Waals surface area contributed by atoms with E-state index in [0.29, 0.717) is 24.7 Å². The van der Waals surface area contributed by atoms with Crippen molar-refractivity contribution in [1.29, 1.82) is 0 Å². The molecule has 2 saturated heterocycles. The number of nitrogens with zero attached hydrogens (tertiary/aromatic N) is 4. The molecule has 7 fully saturated rings. The van der Waals surface area contributed by atoms with Crippen LogP contribution in [0.25, 0.3) is 0 Å². The summed E-state index contributed by atoms with van der Waals surface area (Å²) < 4.78 is 8.80. The Bertz CT molecular complexity index is 2070. The van der Waals surface area contributed by atoms with Crippen molar-refractivity contribution in [2.75, 3.05) is 0 Å². The number of carbonyl (C=O) groups is 4. The number of carboxylic acids is 1. The number of aliphatic carboxylic acids is 1. The highest BCUT2D eigenvalue weighted by Gasteiger charge is 2.71. The number of amides is 2. The quantitative estimate of drug-likeness (QED) is 0.258. The van der Waals surface area contributed by atoms with Crippen molar-refractivity contribution in [2.45, 2.75) is 209 Å². The van der Waals surface area contributed by atoms with Crippen LogP contribution in [-0.2, 0) is 19.1 Å². The van der Waals surface area contributed by atoms with Crippen LogP contribution in [0.4, 0.5) is 4.79 Å². The fraction of sp³-hybridized carbons (Fsp3) is 0.843. The van der Waals surface area contributed by atoms with Crippen molar-refractivity contribution in [3.05, 3.63) is 22.8 Å². The van der Waals surface area contributed by atoms with Crippen LogP contribution in [-0.4, -0.2) is 72.3 Å². The van der Waals surface area contributed by atoms with Crippen molar-refractivity contribution in [3.8, 4) is 0 Å². The van der Waals surface area contributed by atoms with E-state index in [1.54, 1.807) is 0 Å².